The number of allylic oxidation sites excluding steroid dienone is 1. The molecule has 10 heteroatoms. The number of hydrogen-bond donors (Lipinski definition) is 1. The molecule has 3 heterocycles. The lowest BCUT2D eigenvalue weighted by Gasteiger charge is -2.28. The standard InChI is InChI=1S/C22H25N5O5/c1-3-10-31-21(29)19-15(2)25-22-23-14-24-27(22)20(19)16-4-6-17(7-5-16)32-13-18(28)26-8-11-30-12-9-26/h3-7,14,20H,1,8-13H2,2H3,(H,23,24,25). The van der Waals surface area contributed by atoms with Gasteiger partial charge in [-0.3, -0.25) is 4.79 Å². The van der Waals surface area contributed by atoms with Crippen LogP contribution in [0.15, 0.2) is 54.5 Å². The molecular weight excluding hydrogens is 414 g/mol. The van der Waals surface area contributed by atoms with E-state index in [0.29, 0.717) is 49.3 Å². The Labute approximate surface area is 185 Å². The Morgan fingerprint density at radius 1 is 1.28 bits per heavy atom. The van der Waals surface area contributed by atoms with Crippen molar-refractivity contribution in [1.82, 2.24) is 19.7 Å². The van der Waals surface area contributed by atoms with E-state index in [1.165, 1.54) is 12.4 Å². The summed E-state index contributed by atoms with van der Waals surface area (Å²) in [7, 11) is 0. The van der Waals surface area contributed by atoms with Gasteiger partial charge in [-0.05, 0) is 24.6 Å². The summed E-state index contributed by atoms with van der Waals surface area (Å²) in [5.74, 6) is 0.551. The molecule has 0 spiro atoms. The summed E-state index contributed by atoms with van der Waals surface area (Å²) in [4.78, 5) is 31.0. The number of carbonyl (C=O) groups excluding carboxylic acids is 2. The van der Waals surface area contributed by atoms with Gasteiger partial charge in [0.15, 0.2) is 6.61 Å². The zero-order chi connectivity index (χ0) is 22.5. The fourth-order valence-corrected chi connectivity index (χ4v) is 3.67. The van der Waals surface area contributed by atoms with E-state index in [2.05, 4.69) is 22.0 Å². The summed E-state index contributed by atoms with van der Waals surface area (Å²) in [6.07, 6.45) is 2.94. The average molecular weight is 439 g/mol. The van der Waals surface area contributed by atoms with Crippen LogP contribution in [-0.2, 0) is 19.1 Å². The molecule has 168 valence electrons. The minimum Gasteiger partial charge on any atom is -0.484 e. The molecule has 1 atom stereocenters. The average Bonchev–Trinajstić information content (AvgIpc) is 3.29. The van der Waals surface area contributed by atoms with Gasteiger partial charge in [-0.2, -0.15) is 10.1 Å². The van der Waals surface area contributed by atoms with E-state index in [9.17, 15) is 9.59 Å². The Morgan fingerprint density at radius 2 is 2.03 bits per heavy atom. The van der Waals surface area contributed by atoms with Crippen LogP contribution in [0.3, 0.4) is 0 Å². The Balaban J connectivity index is 1.51. The van der Waals surface area contributed by atoms with Gasteiger partial charge in [0.2, 0.25) is 5.95 Å². The summed E-state index contributed by atoms with van der Waals surface area (Å²) < 4.78 is 17.9. The summed E-state index contributed by atoms with van der Waals surface area (Å²) in [6.45, 7) is 7.70. The Morgan fingerprint density at radius 3 is 2.75 bits per heavy atom. The molecule has 4 rings (SSSR count). The summed E-state index contributed by atoms with van der Waals surface area (Å²) in [5, 5.41) is 7.37. The highest BCUT2D eigenvalue weighted by Crippen LogP contribution is 2.35. The molecule has 2 aromatic rings. The van der Waals surface area contributed by atoms with Crippen molar-refractivity contribution in [3.05, 3.63) is 60.1 Å². The number of fused-ring (bicyclic) bond motifs is 1. The SMILES string of the molecule is C=CCOC(=O)C1=C(C)Nc2ncnn2C1c1ccc(OCC(=O)N2CCOCC2)cc1. The number of morpholine rings is 1. The Hall–Kier alpha value is -3.66. The maximum absolute atomic E-state index is 12.8. The molecule has 1 fully saturated rings. The van der Waals surface area contributed by atoms with Crippen LogP contribution < -0.4 is 10.1 Å². The van der Waals surface area contributed by atoms with Crippen LogP contribution in [0.25, 0.3) is 0 Å². The molecule has 1 aromatic carbocycles. The van der Waals surface area contributed by atoms with Crippen LogP contribution in [0.4, 0.5) is 5.95 Å². The first kappa shape index (κ1) is 21.6. The molecule has 1 unspecified atom stereocenters. The second-order valence-electron chi connectivity index (χ2n) is 7.33. The zero-order valence-corrected chi connectivity index (χ0v) is 17.8. The minimum absolute atomic E-state index is 0.0436. The molecule has 0 bridgehead atoms. The van der Waals surface area contributed by atoms with E-state index in [4.69, 9.17) is 14.2 Å². The largest absolute Gasteiger partial charge is 0.484 e. The topological polar surface area (TPSA) is 108 Å². The van der Waals surface area contributed by atoms with Crippen molar-refractivity contribution in [2.24, 2.45) is 0 Å². The fraction of sp³-hybridized carbons (Fsp3) is 0.364. The first-order chi connectivity index (χ1) is 15.6. The minimum atomic E-state index is -0.518. The predicted octanol–water partition coefficient (Wildman–Crippen LogP) is 1.53. The molecule has 0 saturated carbocycles. The van der Waals surface area contributed by atoms with Gasteiger partial charge in [-0.25, -0.2) is 9.48 Å². The molecular formula is C22H25N5O5. The molecule has 1 amide bonds. The Bertz CT molecular complexity index is 1020. The molecule has 2 aliphatic rings. The molecule has 1 N–H and O–H groups in total. The van der Waals surface area contributed by atoms with Crippen LogP contribution in [0.5, 0.6) is 5.75 Å². The molecule has 1 aromatic heterocycles. The highest BCUT2D eigenvalue weighted by molar-refractivity contribution is 5.92. The van der Waals surface area contributed by atoms with E-state index in [0.717, 1.165) is 5.56 Å². The summed E-state index contributed by atoms with van der Waals surface area (Å²) in [5.41, 5.74) is 1.87. The van der Waals surface area contributed by atoms with Gasteiger partial charge in [0.25, 0.3) is 5.91 Å². The first-order valence-electron chi connectivity index (χ1n) is 10.3. The van der Waals surface area contributed by atoms with E-state index < -0.39 is 12.0 Å². The molecule has 0 radical (unpaired) electrons. The number of nitrogens with zero attached hydrogens (tertiary/aromatic N) is 4. The van der Waals surface area contributed by atoms with Gasteiger partial charge in [0, 0.05) is 18.8 Å². The normalized spacial score (nSPS) is 17.9. The first-order valence-corrected chi connectivity index (χ1v) is 10.3. The van der Waals surface area contributed by atoms with Gasteiger partial charge in [0.1, 0.15) is 24.7 Å². The fourth-order valence-electron chi connectivity index (χ4n) is 3.67. The van der Waals surface area contributed by atoms with Crippen molar-refractivity contribution >= 4 is 17.8 Å². The number of ether oxygens (including phenoxy) is 3. The maximum atomic E-state index is 12.8. The van der Waals surface area contributed by atoms with Crippen molar-refractivity contribution in [2.45, 2.75) is 13.0 Å². The van der Waals surface area contributed by atoms with Crippen molar-refractivity contribution in [1.29, 1.82) is 0 Å². The van der Waals surface area contributed by atoms with Gasteiger partial charge in [-0.1, -0.05) is 24.8 Å². The van der Waals surface area contributed by atoms with Crippen LogP contribution in [-0.4, -0.2) is 71.1 Å². The third-order valence-electron chi connectivity index (χ3n) is 5.27. The number of amides is 1. The van der Waals surface area contributed by atoms with Gasteiger partial charge < -0.3 is 24.4 Å². The van der Waals surface area contributed by atoms with E-state index in [1.807, 2.05) is 12.1 Å². The number of aromatic nitrogens is 3. The third-order valence-corrected chi connectivity index (χ3v) is 5.27. The van der Waals surface area contributed by atoms with Gasteiger partial charge >= 0.3 is 5.97 Å². The van der Waals surface area contributed by atoms with Crippen molar-refractivity contribution in [3.63, 3.8) is 0 Å². The zero-order valence-electron chi connectivity index (χ0n) is 17.8. The second kappa shape index (κ2) is 9.65. The lowest BCUT2D eigenvalue weighted by Crippen LogP contribution is -2.42. The van der Waals surface area contributed by atoms with Crippen molar-refractivity contribution in [2.75, 3.05) is 44.8 Å². The van der Waals surface area contributed by atoms with Gasteiger partial charge in [0.05, 0.1) is 18.8 Å². The third kappa shape index (κ3) is 4.50. The molecule has 1 saturated heterocycles. The smallest absolute Gasteiger partial charge is 0.338 e. The number of carbonyl (C=O) groups is 2. The number of benzene rings is 1. The molecule has 10 nitrogen and oxygen atoms in total. The van der Waals surface area contributed by atoms with E-state index in [1.54, 1.807) is 28.6 Å². The van der Waals surface area contributed by atoms with Gasteiger partial charge in [-0.15, -0.1) is 0 Å². The molecule has 32 heavy (non-hydrogen) atoms. The highest BCUT2D eigenvalue weighted by atomic mass is 16.5. The predicted molar refractivity (Wildman–Crippen MR) is 115 cm³/mol. The second-order valence-corrected chi connectivity index (χ2v) is 7.33. The summed E-state index contributed by atoms with van der Waals surface area (Å²) >= 11 is 0. The van der Waals surface area contributed by atoms with Crippen LogP contribution in [0.2, 0.25) is 0 Å². The van der Waals surface area contributed by atoms with E-state index >= 15 is 0 Å². The molecule has 2 aliphatic heterocycles. The van der Waals surface area contributed by atoms with Crippen molar-refractivity contribution in [3.8, 4) is 5.75 Å². The maximum Gasteiger partial charge on any atom is 0.338 e. The number of rotatable bonds is 7. The highest BCUT2D eigenvalue weighted by Gasteiger charge is 2.34. The van der Waals surface area contributed by atoms with Crippen LogP contribution in [0, 0.1) is 0 Å². The number of nitrogens with one attached hydrogen (secondary N) is 1. The monoisotopic (exact) mass is 439 g/mol. The Kier molecular flexibility index (Phi) is 6.50. The number of esters is 1. The number of anilines is 1. The molecule has 0 aliphatic carbocycles. The van der Waals surface area contributed by atoms with Crippen LogP contribution in [0.1, 0.15) is 18.5 Å². The lowest BCUT2D eigenvalue weighted by atomic mass is 9.96. The van der Waals surface area contributed by atoms with E-state index in [-0.39, 0.29) is 19.1 Å². The number of hydrogen-bond acceptors (Lipinski definition) is 8. The summed E-state index contributed by atoms with van der Waals surface area (Å²) in [6, 6.07) is 6.69. The van der Waals surface area contributed by atoms with Crippen molar-refractivity contribution < 1.29 is 23.8 Å². The van der Waals surface area contributed by atoms with Crippen LogP contribution >= 0.6 is 0 Å². The quantitative estimate of drug-likeness (QED) is 0.511. The lowest BCUT2D eigenvalue weighted by molar-refractivity contribution is -0.138.